The van der Waals surface area contributed by atoms with Crippen molar-refractivity contribution in [3.8, 4) is 0 Å². The second kappa shape index (κ2) is 3.18. The fourth-order valence-corrected chi connectivity index (χ4v) is 3.11. The van der Waals surface area contributed by atoms with Crippen molar-refractivity contribution in [3.05, 3.63) is 20.3 Å². The standard InChI is InChI=1S/C8H8BrNOS/c9-7-3-5-4-8(11)10-2-1-6(5)12-7/h3H,1-2,4H2,(H,10,11). The molecule has 2 heterocycles. The molecule has 2 rings (SSSR count). The Morgan fingerprint density at radius 3 is 3.25 bits per heavy atom. The molecule has 1 aromatic rings. The molecule has 1 N–H and O–H groups in total. The monoisotopic (exact) mass is 245 g/mol. The summed E-state index contributed by atoms with van der Waals surface area (Å²) < 4.78 is 1.13. The predicted molar refractivity (Wildman–Crippen MR) is 52.4 cm³/mol. The summed E-state index contributed by atoms with van der Waals surface area (Å²) in [6.45, 7) is 0.777. The van der Waals surface area contributed by atoms with Crippen LogP contribution in [0.1, 0.15) is 10.4 Å². The fraction of sp³-hybridized carbons (Fsp3) is 0.375. The van der Waals surface area contributed by atoms with E-state index in [0.717, 1.165) is 16.8 Å². The Bertz CT molecular complexity index is 321. The Balaban J connectivity index is 2.36. The molecule has 0 aliphatic carbocycles. The molecule has 0 aromatic carbocycles. The number of fused-ring (bicyclic) bond motifs is 1. The van der Waals surface area contributed by atoms with Crippen molar-refractivity contribution in [2.75, 3.05) is 6.54 Å². The van der Waals surface area contributed by atoms with Gasteiger partial charge < -0.3 is 5.32 Å². The minimum absolute atomic E-state index is 0.138. The van der Waals surface area contributed by atoms with E-state index in [-0.39, 0.29) is 5.91 Å². The van der Waals surface area contributed by atoms with E-state index in [2.05, 4.69) is 21.2 Å². The topological polar surface area (TPSA) is 29.1 Å². The van der Waals surface area contributed by atoms with Crippen LogP contribution in [0, 0.1) is 0 Å². The number of carbonyl (C=O) groups is 1. The van der Waals surface area contributed by atoms with Crippen molar-refractivity contribution in [2.45, 2.75) is 12.8 Å². The van der Waals surface area contributed by atoms with Crippen molar-refractivity contribution < 1.29 is 4.79 Å². The van der Waals surface area contributed by atoms with Crippen LogP contribution in [0.15, 0.2) is 9.85 Å². The van der Waals surface area contributed by atoms with Crippen LogP contribution in [0.25, 0.3) is 0 Å². The van der Waals surface area contributed by atoms with Crippen LogP contribution < -0.4 is 5.32 Å². The zero-order valence-corrected chi connectivity index (χ0v) is 8.80. The zero-order chi connectivity index (χ0) is 8.55. The summed E-state index contributed by atoms with van der Waals surface area (Å²) in [7, 11) is 0. The highest BCUT2D eigenvalue weighted by molar-refractivity contribution is 9.11. The highest BCUT2D eigenvalue weighted by Crippen LogP contribution is 2.28. The first kappa shape index (κ1) is 8.26. The molecule has 0 fully saturated rings. The van der Waals surface area contributed by atoms with Crippen molar-refractivity contribution in [1.29, 1.82) is 0 Å². The highest BCUT2D eigenvalue weighted by Gasteiger charge is 2.15. The van der Waals surface area contributed by atoms with E-state index in [1.807, 2.05) is 6.07 Å². The fourth-order valence-electron chi connectivity index (χ4n) is 1.34. The number of rotatable bonds is 0. The molecule has 12 heavy (non-hydrogen) atoms. The van der Waals surface area contributed by atoms with Gasteiger partial charge in [0.15, 0.2) is 0 Å². The van der Waals surface area contributed by atoms with Gasteiger partial charge in [-0.2, -0.15) is 0 Å². The molecule has 0 radical (unpaired) electrons. The van der Waals surface area contributed by atoms with Gasteiger partial charge >= 0.3 is 0 Å². The average Bonchev–Trinajstić information content (AvgIpc) is 2.23. The van der Waals surface area contributed by atoms with Gasteiger partial charge in [-0.3, -0.25) is 4.79 Å². The smallest absolute Gasteiger partial charge is 0.224 e. The third-order valence-corrected chi connectivity index (χ3v) is 3.63. The van der Waals surface area contributed by atoms with E-state index in [0.29, 0.717) is 6.42 Å². The maximum Gasteiger partial charge on any atom is 0.224 e. The summed E-state index contributed by atoms with van der Waals surface area (Å²) in [4.78, 5) is 12.5. The normalized spacial score (nSPS) is 16.6. The molecule has 2 nitrogen and oxygen atoms in total. The maximum atomic E-state index is 11.1. The van der Waals surface area contributed by atoms with Crippen molar-refractivity contribution in [3.63, 3.8) is 0 Å². The maximum absolute atomic E-state index is 11.1. The lowest BCUT2D eigenvalue weighted by molar-refractivity contribution is -0.120. The Morgan fingerprint density at radius 1 is 1.58 bits per heavy atom. The van der Waals surface area contributed by atoms with Crippen LogP contribution in [-0.4, -0.2) is 12.5 Å². The molecule has 64 valence electrons. The van der Waals surface area contributed by atoms with Gasteiger partial charge in [0.2, 0.25) is 5.91 Å². The van der Waals surface area contributed by atoms with Crippen molar-refractivity contribution in [2.24, 2.45) is 0 Å². The quantitative estimate of drug-likeness (QED) is 0.742. The predicted octanol–water partition coefficient (Wildman–Crippen LogP) is 1.73. The molecule has 1 aromatic heterocycles. The molecule has 0 unspecified atom stereocenters. The third-order valence-electron chi connectivity index (χ3n) is 1.89. The van der Waals surface area contributed by atoms with Crippen LogP contribution in [0.4, 0.5) is 0 Å². The van der Waals surface area contributed by atoms with Crippen LogP contribution in [0.2, 0.25) is 0 Å². The summed E-state index contributed by atoms with van der Waals surface area (Å²) in [5.41, 5.74) is 1.18. The molecular formula is C8H8BrNOS. The van der Waals surface area contributed by atoms with Gasteiger partial charge in [-0.05, 0) is 34.0 Å². The molecule has 0 saturated carbocycles. The number of hydrogen-bond donors (Lipinski definition) is 1. The van der Waals surface area contributed by atoms with E-state index < -0.39 is 0 Å². The molecular weight excluding hydrogens is 238 g/mol. The molecule has 0 atom stereocenters. The first-order valence-electron chi connectivity index (χ1n) is 3.79. The van der Waals surface area contributed by atoms with Crippen molar-refractivity contribution >= 4 is 33.2 Å². The van der Waals surface area contributed by atoms with Gasteiger partial charge in [-0.25, -0.2) is 0 Å². The van der Waals surface area contributed by atoms with Crippen LogP contribution in [0.3, 0.4) is 0 Å². The Morgan fingerprint density at radius 2 is 2.42 bits per heavy atom. The summed E-state index contributed by atoms with van der Waals surface area (Å²) in [5.74, 6) is 0.138. The molecule has 4 heteroatoms. The molecule has 1 amide bonds. The molecule has 0 bridgehead atoms. The zero-order valence-electron chi connectivity index (χ0n) is 6.39. The lowest BCUT2D eigenvalue weighted by Crippen LogP contribution is -2.24. The summed E-state index contributed by atoms with van der Waals surface area (Å²) in [5, 5.41) is 2.85. The van der Waals surface area contributed by atoms with Gasteiger partial charge in [-0.1, -0.05) is 0 Å². The van der Waals surface area contributed by atoms with Gasteiger partial charge in [0.1, 0.15) is 0 Å². The largest absolute Gasteiger partial charge is 0.355 e. The van der Waals surface area contributed by atoms with E-state index in [9.17, 15) is 4.79 Å². The number of carbonyl (C=O) groups excluding carboxylic acids is 1. The van der Waals surface area contributed by atoms with Gasteiger partial charge in [0, 0.05) is 11.4 Å². The first-order valence-corrected chi connectivity index (χ1v) is 5.40. The van der Waals surface area contributed by atoms with E-state index in [1.165, 1.54) is 10.4 Å². The Hall–Kier alpha value is -0.350. The number of hydrogen-bond acceptors (Lipinski definition) is 2. The number of amides is 1. The third kappa shape index (κ3) is 1.54. The minimum atomic E-state index is 0.138. The Kier molecular flexibility index (Phi) is 2.19. The van der Waals surface area contributed by atoms with E-state index >= 15 is 0 Å². The lowest BCUT2D eigenvalue weighted by Gasteiger charge is -1.95. The SMILES string of the molecule is O=C1Cc2cc(Br)sc2CCN1. The first-order chi connectivity index (χ1) is 5.75. The van der Waals surface area contributed by atoms with Crippen LogP contribution in [-0.2, 0) is 17.6 Å². The van der Waals surface area contributed by atoms with E-state index in [4.69, 9.17) is 0 Å². The van der Waals surface area contributed by atoms with Crippen molar-refractivity contribution in [1.82, 2.24) is 5.32 Å². The molecule has 1 aliphatic rings. The Labute approximate surface area is 83.1 Å². The van der Waals surface area contributed by atoms with Gasteiger partial charge in [0.05, 0.1) is 10.2 Å². The van der Waals surface area contributed by atoms with Crippen LogP contribution in [0.5, 0.6) is 0 Å². The number of halogens is 1. The van der Waals surface area contributed by atoms with Gasteiger partial charge in [0.25, 0.3) is 0 Å². The number of nitrogens with one attached hydrogen (secondary N) is 1. The number of thiophene rings is 1. The second-order valence-electron chi connectivity index (χ2n) is 2.78. The van der Waals surface area contributed by atoms with Gasteiger partial charge in [-0.15, -0.1) is 11.3 Å². The summed E-state index contributed by atoms with van der Waals surface area (Å²) >= 11 is 5.15. The second-order valence-corrected chi connectivity index (χ2v) is 5.29. The van der Waals surface area contributed by atoms with Crippen LogP contribution >= 0.6 is 27.3 Å². The molecule has 0 spiro atoms. The lowest BCUT2D eigenvalue weighted by atomic mass is 10.2. The summed E-state index contributed by atoms with van der Waals surface area (Å²) in [6, 6.07) is 2.05. The average molecular weight is 246 g/mol. The molecule has 0 saturated heterocycles. The minimum Gasteiger partial charge on any atom is -0.355 e. The highest BCUT2D eigenvalue weighted by atomic mass is 79.9. The van der Waals surface area contributed by atoms with E-state index in [1.54, 1.807) is 11.3 Å². The summed E-state index contributed by atoms with van der Waals surface area (Å²) in [6.07, 6.45) is 1.51. The molecule has 1 aliphatic heterocycles.